The zero-order valence-electron chi connectivity index (χ0n) is 14.0. The lowest BCUT2D eigenvalue weighted by Crippen LogP contribution is -2.26. The quantitative estimate of drug-likeness (QED) is 0.830. The Labute approximate surface area is 142 Å². The van der Waals surface area contributed by atoms with Crippen molar-refractivity contribution < 1.29 is 13.2 Å². The highest BCUT2D eigenvalue weighted by atomic mass is 32.2. The van der Waals surface area contributed by atoms with Crippen molar-refractivity contribution in [2.24, 2.45) is 0 Å². The lowest BCUT2D eigenvalue weighted by molar-refractivity contribution is 0.0954. The second-order valence-corrected chi connectivity index (χ2v) is 7.38. The van der Waals surface area contributed by atoms with E-state index in [4.69, 9.17) is 0 Å². The highest BCUT2D eigenvalue weighted by Crippen LogP contribution is 2.10. The number of amides is 1. The van der Waals surface area contributed by atoms with E-state index in [-0.39, 0.29) is 10.8 Å². The molecule has 0 aliphatic carbocycles. The standard InChI is InChI=1S/C17H21N3O3S/c1-12-10-15(11-13(2)20-12)17(21)19-9-8-14-4-6-16(7-5-14)24(22,23)18-3/h4-7,10-11,18H,8-9H2,1-3H3,(H,19,21). The number of pyridine rings is 1. The smallest absolute Gasteiger partial charge is 0.251 e. The van der Waals surface area contributed by atoms with Crippen LogP contribution in [0.4, 0.5) is 0 Å². The van der Waals surface area contributed by atoms with Gasteiger partial charge in [0.1, 0.15) is 0 Å². The fourth-order valence-corrected chi connectivity index (χ4v) is 3.07. The van der Waals surface area contributed by atoms with Crippen LogP contribution in [-0.4, -0.2) is 32.9 Å². The highest BCUT2D eigenvalue weighted by molar-refractivity contribution is 7.89. The molecule has 1 aromatic heterocycles. The number of benzene rings is 1. The van der Waals surface area contributed by atoms with Gasteiger partial charge in [0.05, 0.1) is 4.90 Å². The van der Waals surface area contributed by atoms with Gasteiger partial charge in [0.25, 0.3) is 5.91 Å². The van der Waals surface area contributed by atoms with Gasteiger partial charge in [-0.05, 0) is 57.1 Å². The zero-order chi connectivity index (χ0) is 17.7. The van der Waals surface area contributed by atoms with Crippen LogP contribution < -0.4 is 10.0 Å². The van der Waals surface area contributed by atoms with Crippen molar-refractivity contribution >= 4 is 15.9 Å². The van der Waals surface area contributed by atoms with Gasteiger partial charge in [0, 0.05) is 23.5 Å². The molecule has 1 aromatic carbocycles. The number of rotatable bonds is 6. The molecule has 2 rings (SSSR count). The average molecular weight is 347 g/mol. The second kappa shape index (κ2) is 7.55. The fourth-order valence-electron chi connectivity index (χ4n) is 2.34. The summed E-state index contributed by atoms with van der Waals surface area (Å²) in [5, 5.41) is 2.86. The minimum atomic E-state index is -3.42. The summed E-state index contributed by atoms with van der Waals surface area (Å²) >= 11 is 0. The van der Waals surface area contributed by atoms with Crippen molar-refractivity contribution in [3.05, 3.63) is 58.9 Å². The van der Waals surface area contributed by atoms with Gasteiger partial charge in [-0.2, -0.15) is 0 Å². The number of carbonyl (C=O) groups excluding carboxylic acids is 1. The fraction of sp³-hybridized carbons (Fsp3) is 0.294. The van der Waals surface area contributed by atoms with Gasteiger partial charge < -0.3 is 5.32 Å². The molecule has 0 atom stereocenters. The maximum Gasteiger partial charge on any atom is 0.251 e. The van der Waals surface area contributed by atoms with Gasteiger partial charge in [-0.25, -0.2) is 13.1 Å². The lowest BCUT2D eigenvalue weighted by atomic mass is 10.1. The van der Waals surface area contributed by atoms with Crippen LogP contribution >= 0.6 is 0 Å². The summed E-state index contributed by atoms with van der Waals surface area (Å²) in [6.45, 7) is 4.17. The van der Waals surface area contributed by atoms with E-state index < -0.39 is 10.0 Å². The van der Waals surface area contributed by atoms with Gasteiger partial charge in [0.15, 0.2) is 0 Å². The van der Waals surface area contributed by atoms with Crippen LogP contribution in [0.15, 0.2) is 41.3 Å². The summed E-state index contributed by atoms with van der Waals surface area (Å²) in [5.41, 5.74) is 3.16. The van der Waals surface area contributed by atoms with E-state index in [2.05, 4.69) is 15.0 Å². The summed E-state index contributed by atoms with van der Waals surface area (Å²) in [7, 11) is -2.04. The molecule has 2 aromatic rings. The maximum absolute atomic E-state index is 12.1. The molecule has 24 heavy (non-hydrogen) atoms. The Morgan fingerprint density at radius 1 is 1.08 bits per heavy atom. The van der Waals surface area contributed by atoms with Crippen LogP contribution in [0.2, 0.25) is 0 Å². The Balaban J connectivity index is 1.93. The second-order valence-electron chi connectivity index (χ2n) is 5.50. The average Bonchev–Trinajstić information content (AvgIpc) is 2.54. The molecule has 1 heterocycles. The lowest BCUT2D eigenvalue weighted by Gasteiger charge is -2.08. The minimum absolute atomic E-state index is 0.141. The molecular formula is C17H21N3O3S. The molecular weight excluding hydrogens is 326 g/mol. The van der Waals surface area contributed by atoms with Gasteiger partial charge in [0.2, 0.25) is 10.0 Å². The molecule has 0 fully saturated rings. The number of nitrogens with zero attached hydrogens (tertiary/aromatic N) is 1. The predicted molar refractivity (Wildman–Crippen MR) is 92.4 cm³/mol. The Morgan fingerprint density at radius 2 is 1.67 bits per heavy atom. The van der Waals surface area contributed by atoms with Crippen LogP contribution in [0, 0.1) is 13.8 Å². The third kappa shape index (κ3) is 4.62. The van der Waals surface area contributed by atoms with Gasteiger partial charge >= 0.3 is 0 Å². The molecule has 7 heteroatoms. The normalized spacial score (nSPS) is 11.3. The number of aromatic nitrogens is 1. The van der Waals surface area contributed by atoms with Crippen molar-refractivity contribution in [3.63, 3.8) is 0 Å². The largest absolute Gasteiger partial charge is 0.352 e. The SMILES string of the molecule is CNS(=O)(=O)c1ccc(CCNC(=O)c2cc(C)nc(C)c2)cc1. The zero-order valence-corrected chi connectivity index (χ0v) is 14.8. The Bertz CT molecular complexity index is 810. The molecule has 0 spiro atoms. The van der Waals surface area contributed by atoms with E-state index in [9.17, 15) is 13.2 Å². The van der Waals surface area contributed by atoms with Crippen molar-refractivity contribution in [1.82, 2.24) is 15.0 Å². The molecule has 0 aliphatic rings. The van der Waals surface area contributed by atoms with Crippen molar-refractivity contribution in [2.45, 2.75) is 25.2 Å². The summed E-state index contributed by atoms with van der Waals surface area (Å²) < 4.78 is 25.6. The minimum Gasteiger partial charge on any atom is -0.352 e. The van der Waals surface area contributed by atoms with Crippen molar-refractivity contribution in [1.29, 1.82) is 0 Å². The third-order valence-electron chi connectivity index (χ3n) is 3.55. The van der Waals surface area contributed by atoms with Gasteiger partial charge in [-0.1, -0.05) is 12.1 Å². The Kier molecular flexibility index (Phi) is 5.69. The Morgan fingerprint density at radius 3 is 2.21 bits per heavy atom. The van der Waals surface area contributed by atoms with Crippen LogP contribution in [0.3, 0.4) is 0 Å². The van der Waals surface area contributed by atoms with E-state index in [0.29, 0.717) is 18.5 Å². The molecule has 6 nitrogen and oxygen atoms in total. The first-order valence-electron chi connectivity index (χ1n) is 7.58. The van der Waals surface area contributed by atoms with E-state index in [1.165, 1.54) is 7.05 Å². The predicted octanol–water partition coefficient (Wildman–Crippen LogP) is 1.58. The topological polar surface area (TPSA) is 88.2 Å². The number of nitrogens with one attached hydrogen (secondary N) is 2. The van der Waals surface area contributed by atoms with Crippen LogP contribution in [0.5, 0.6) is 0 Å². The van der Waals surface area contributed by atoms with Crippen LogP contribution in [0.25, 0.3) is 0 Å². The van der Waals surface area contributed by atoms with Crippen LogP contribution in [-0.2, 0) is 16.4 Å². The first kappa shape index (κ1) is 18.1. The summed E-state index contributed by atoms with van der Waals surface area (Å²) in [5.74, 6) is -0.141. The summed E-state index contributed by atoms with van der Waals surface area (Å²) in [4.78, 5) is 16.6. The molecule has 0 unspecified atom stereocenters. The number of aryl methyl sites for hydroxylation is 2. The molecule has 0 bridgehead atoms. The maximum atomic E-state index is 12.1. The van der Waals surface area contributed by atoms with Gasteiger partial charge in [-0.3, -0.25) is 9.78 Å². The number of hydrogen-bond donors (Lipinski definition) is 2. The molecule has 2 N–H and O–H groups in total. The number of sulfonamides is 1. The van der Waals surface area contributed by atoms with Gasteiger partial charge in [-0.15, -0.1) is 0 Å². The first-order chi connectivity index (χ1) is 11.3. The van der Waals surface area contributed by atoms with Crippen LogP contribution in [0.1, 0.15) is 27.3 Å². The number of hydrogen-bond acceptors (Lipinski definition) is 4. The number of carbonyl (C=O) groups is 1. The van der Waals surface area contributed by atoms with E-state index in [0.717, 1.165) is 17.0 Å². The summed E-state index contributed by atoms with van der Waals surface area (Å²) in [6, 6.07) is 10.1. The van der Waals surface area contributed by atoms with Crippen molar-refractivity contribution in [2.75, 3.05) is 13.6 Å². The molecule has 0 saturated carbocycles. The van der Waals surface area contributed by atoms with E-state index in [1.54, 1.807) is 36.4 Å². The molecule has 0 saturated heterocycles. The van der Waals surface area contributed by atoms with E-state index >= 15 is 0 Å². The molecule has 0 radical (unpaired) electrons. The highest BCUT2D eigenvalue weighted by Gasteiger charge is 2.11. The first-order valence-corrected chi connectivity index (χ1v) is 9.06. The molecule has 1 amide bonds. The molecule has 128 valence electrons. The molecule has 0 aliphatic heterocycles. The summed E-state index contributed by atoms with van der Waals surface area (Å²) in [6.07, 6.45) is 0.620. The Hall–Kier alpha value is -2.25. The van der Waals surface area contributed by atoms with E-state index in [1.807, 2.05) is 13.8 Å². The van der Waals surface area contributed by atoms with Crippen molar-refractivity contribution in [3.8, 4) is 0 Å². The third-order valence-corrected chi connectivity index (χ3v) is 4.98. The monoisotopic (exact) mass is 347 g/mol.